The van der Waals surface area contributed by atoms with Crippen molar-refractivity contribution in [2.75, 3.05) is 31.2 Å². The third-order valence-corrected chi connectivity index (χ3v) is 3.99. The Morgan fingerprint density at radius 1 is 1.05 bits per heavy atom. The molecule has 110 valence electrons. The largest absolute Gasteiger partial charge is 0.378 e. The molecule has 0 bridgehead atoms. The number of hydrogen-bond acceptors (Lipinski definition) is 3. The maximum Gasteiger partial charge on any atom is 0.0704 e. The Hall–Kier alpha value is -1.87. The van der Waals surface area contributed by atoms with E-state index in [2.05, 4.69) is 60.1 Å². The zero-order valence-corrected chi connectivity index (χ0v) is 12.7. The minimum Gasteiger partial charge on any atom is -0.378 e. The first-order chi connectivity index (χ1) is 10.2. The molecule has 2 heterocycles. The highest BCUT2D eigenvalue weighted by Gasteiger charge is 2.11. The van der Waals surface area contributed by atoms with E-state index < -0.39 is 0 Å². The van der Waals surface area contributed by atoms with Crippen LogP contribution in [0.3, 0.4) is 0 Å². The van der Waals surface area contributed by atoms with Crippen LogP contribution in [-0.2, 0) is 4.74 Å². The summed E-state index contributed by atoms with van der Waals surface area (Å²) >= 11 is 0. The van der Waals surface area contributed by atoms with E-state index >= 15 is 0 Å². The van der Waals surface area contributed by atoms with Gasteiger partial charge in [0.1, 0.15) is 0 Å². The van der Waals surface area contributed by atoms with E-state index in [1.165, 1.54) is 16.8 Å². The summed E-state index contributed by atoms with van der Waals surface area (Å²) in [4.78, 5) is 6.87. The van der Waals surface area contributed by atoms with Gasteiger partial charge in [0.2, 0.25) is 0 Å². The molecule has 3 nitrogen and oxygen atoms in total. The van der Waals surface area contributed by atoms with Crippen LogP contribution in [0.2, 0.25) is 0 Å². The molecule has 1 fully saturated rings. The predicted molar refractivity (Wildman–Crippen MR) is 86.8 cm³/mol. The fraction of sp³-hybridized carbons (Fsp3) is 0.389. The summed E-state index contributed by atoms with van der Waals surface area (Å²) in [7, 11) is 0. The molecule has 1 aromatic heterocycles. The molecule has 0 atom stereocenters. The van der Waals surface area contributed by atoms with E-state index in [9.17, 15) is 0 Å². The molecule has 3 rings (SSSR count). The molecule has 21 heavy (non-hydrogen) atoms. The normalized spacial score (nSPS) is 15.5. The van der Waals surface area contributed by atoms with Gasteiger partial charge in [0, 0.05) is 30.5 Å². The Morgan fingerprint density at radius 3 is 2.43 bits per heavy atom. The van der Waals surface area contributed by atoms with Gasteiger partial charge in [-0.15, -0.1) is 0 Å². The molecule has 0 spiro atoms. The van der Waals surface area contributed by atoms with Gasteiger partial charge in [-0.05, 0) is 35.7 Å². The molecule has 0 saturated carbocycles. The fourth-order valence-electron chi connectivity index (χ4n) is 2.63. The number of aromatic nitrogens is 1. The maximum absolute atomic E-state index is 5.40. The minimum atomic E-state index is 0.527. The summed E-state index contributed by atoms with van der Waals surface area (Å²) in [5.74, 6) is 0.527. The van der Waals surface area contributed by atoms with Crippen molar-refractivity contribution in [1.29, 1.82) is 0 Å². The van der Waals surface area contributed by atoms with Crippen LogP contribution in [0.25, 0.3) is 11.3 Å². The van der Waals surface area contributed by atoms with Crippen molar-refractivity contribution in [2.45, 2.75) is 19.8 Å². The van der Waals surface area contributed by atoms with Gasteiger partial charge >= 0.3 is 0 Å². The summed E-state index contributed by atoms with van der Waals surface area (Å²) in [5, 5.41) is 0. The molecular formula is C18H22N2O. The van der Waals surface area contributed by atoms with Crippen LogP contribution in [-0.4, -0.2) is 31.3 Å². The van der Waals surface area contributed by atoms with Gasteiger partial charge in [-0.25, -0.2) is 0 Å². The second-order valence-corrected chi connectivity index (χ2v) is 5.78. The Morgan fingerprint density at radius 2 is 1.76 bits per heavy atom. The van der Waals surface area contributed by atoms with Crippen LogP contribution in [0.15, 0.2) is 42.6 Å². The Kier molecular flexibility index (Phi) is 4.20. The lowest BCUT2D eigenvalue weighted by Gasteiger charge is -2.28. The van der Waals surface area contributed by atoms with Crippen molar-refractivity contribution in [3.05, 3.63) is 48.2 Å². The standard InChI is InChI=1S/C18H22N2O/c1-14(2)16-7-8-19-18(13-16)15-3-5-17(6-4-15)20-9-11-21-12-10-20/h3-8,13-14H,9-12H2,1-2H3. The van der Waals surface area contributed by atoms with E-state index in [-0.39, 0.29) is 0 Å². The van der Waals surface area contributed by atoms with Crippen LogP contribution in [0.1, 0.15) is 25.3 Å². The summed E-state index contributed by atoms with van der Waals surface area (Å²) in [6.07, 6.45) is 1.90. The van der Waals surface area contributed by atoms with Crippen molar-refractivity contribution in [1.82, 2.24) is 4.98 Å². The monoisotopic (exact) mass is 282 g/mol. The van der Waals surface area contributed by atoms with Crippen molar-refractivity contribution >= 4 is 5.69 Å². The lowest BCUT2D eigenvalue weighted by molar-refractivity contribution is 0.122. The number of rotatable bonds is 3. The van der Waals surface area contributed by atoms with Gasteiger partial charge in [-0.1, -0.05) is 26.0 Å². The van der Waals surface area contributed by atoms with Crippen molar-refractivity contribution in [2.24, 2.45) is 0 Å². The third kappa shape index (κ3) is 3.24. The van der Waals surface area contributed by atoms with E-state index in [0.717, 1.165) is 32.0 Å². The molecule has 0 radical (unpaired) electrons. The molecule has 1 aliphatic heterocycles. The molecule has 1 aromatic carbocycles. The SMILES string of the molecule is CC(C)c1ccnc(-c2ccc(N3CCOCC3)cc2)c1. The summed E-state index contributed by atoms with van der Waals surface area (Å²) in [6.45, 7) is 8.00. The Bertz CT molecular complexity index is 586. The minimum absolute atomic E-state index is 0.527. The number of benzene rings is 1. The van der Waals surface area contributed by atoms with Crippen LogP contribution in [0, 0.1) is 0 Å². The molecule has 3 heteroatoms. The predicted octanol–water partition coefficient (Wildman–Crippen LogP) is 3.71. The van der Waals surface area contributed by atoms with Crippen LogP contribution < -0.4 is 4.90 Å². The highest BCUT2D eigenvalue weighted by molar-refractivity contribution is 5.63. The number of pyridine rings is 1. The van der Waals surface area contributed by atoms with Gasteiger partial charge in [0.15, 0.2) is 0 Å². The second-order valence-electron chi connectivity index (χ2n) is 5.78. The average Bonchev–Trinajstić information content (AvgIpc) is 2.56. The molecule has 1 saturated heterocycles. The van der Waals surface area contributed by atoms with Crippen LogP contribution >= 0.6 is 0 Å². The van der Waals surface area contributed by atoms with Gasteiger partial charge in [-0.2, -0.15) is 0 Å². The van der Waals surface area contributed by atoms with E-state index in [4.69, 9.17) is 4.74 Å². The molecule has 2 aromatic rings. The van der Waals surface area contributed by atoms with E-state index in [0.29, 0.717) is 5.92 Å². The van der Waals surface area contributed by atoms with Gasteiger partial charge in [0.05, 0.1) is 18.9 Å². The maximum atomic E-state index is 5.40. The molecule has 0 unspecified atom stereocenters. The van der Waals surface area contributed by atoms with Crippen molar-refractivity contribution < 1.29 is 4.74 Å². The van der Waals surface area contributed by atoms with Gasteiger partial charge in [0.25, 0.3) is 0 Å². The first-order valence-corrected chi connectivity index (χ1v) is 7.63. The second kappa shape index (κ2) is 6.27. The van der Waals surface area contributed by atoms with Gasteiger partial charge < -0.3 is 9.64 Å². The summed E-state index contributed by atoms with van der Waals surface area (Å²) in [6, 6.07) is 13.0. The summed E-state index contributed by atoms with van der Waals surface area (Å²) < 4.78 is 5.40. The first-order valence-electron chi connectivity index (χ1n) is 7.63. The number of anilines is 1. The third-order valence-electron chi connectivity index (χ3n) is 3.99. The Labute approximate surface area is 126 Å². The fourth-order valence-corrected chi connectivity index (χ4v) is 2.63. The summed E-state index contributed by atoms with van der Waals surface area (Å²) in [5.41, 5.74) is 4.82. The smallest absolute Gasteiger partial charge is 0.0704 e. The number of nitrogens with zero attached hydrogens (tertiary/aromatic N) is 2. The number of ether oxygens (including phenoxy) is 1. The molecular weight excluding hydrogens is 260 g/mol. The zero-order chi connectivity index (χ0) is 14.7. The highest BCUT2D eigenvalue weighted by atomic mass is 16.5. The topological polar surface area (TPSA) is 25.4 Å². The average molecular weight is 282 g/mol. The number of morpholine rings is 1. The quantitative estimate of drug-likeness (QED) is 0.858. The lowest BCUT2D eigenvalue weighted by atomic mass is 10.0. The molecule has 0 aliphatic carbocycles. The van der Waals surface area contributed by atoms with Crippen molar-refractivity contribution in [3.63, 3.8) is 0 Å². The Balaban J connectivity index is 1.81. The molecule has 1 aliphatic rings. The first kappa shape index (κ1) is 14.1. The highest BCUT2D eigenvalue weighted by Crippen LogP contribution is 2.24. The molecule has 0 amide bonds. The lowest BCUT2D eigenvalue weighted by Crippen LogP contribution is -2.36. The number of hydrogen-bond donors (Lipinski definition) is 0. The molecule has 0 N–H and O–H groups in total. The van der Waals surface area contributed by atoms with Crippen LogP contribution in [0.5, 0.6) is 0 Å². The van der Waals surface area contributed by atoms with E-state index in [1.54, 1.807) is 0 Å². The van der Waals surface area contributed by atoms with E-state index in [1.807, 2.05) is 6.20 Å². The zero-order valence-electron chi connectivity index (χ0n) is 12.7. The van der Waals surface area contributed by atoms with Gasteiger partial charge in [-0.3, -0.25) is 4.98 Å². The van der Waals surface area contributed by atoms with Crippen molar-refractivity contribution in [3.8, 4) is 11.3 Å². The van der Waals surface area contributed by atoms with Crippen LogP contribution in [0.4, 0.5) is 5.69 Å².